The summed E-state index contributed by atoms with van der Waals surface area (Å²) in [4.78, 5) is 28.0. The van der Waals surface area contributed by atoms with Gasteiger partial charge in [-0.25, -0.2) is 0 Å². The van der Waals surface area contributed by atoms with E-state index in [4.69, 9.17) is 0 Å². The van der Waals surface area contributed by atoms with Gasteiger partial charge in [0, 0.05) is 12.6 Å². The molecule has 0 aliphatic carbocycles. The zero-order valence-corrected chi connectivity index (χ0v) is 18.4. The van der Waals surface area contributed by atoms with Gasteiger partial charge in [-0.15, -0.1) is 0 Å². The fraction of sp³-hybridized carbons (Fsp3) is 0.440. The third-order valence-corrected chi connectivity index (χ3v) is 5.30. The molecule has 0 bridgehead atoms. The average molecular weight is 395 g/mol. The van der Waals surface area contributed by atoms with E-state index in [1.165, 1.54) is 5.56 Å². The van der Waals surface area contributed by atoms with Crippen molar-refractivity contribution in [2.24, 2.45) is 0 Å². The molecule has 0 aliphatic rings. The highest BCUT2D eigenvalue weighted by Gasteiger charge is 2.29. The molecule has 0 saturated carbocycles. The first kappa shape index (κ1) is 22.7. The van der Waals surface area contributed by atoms with E-state index in [-0.39, 0.29) is 17.9 Å². The van der Waals surface area contributed by atoms with Gasteiger partial charge in [0.25, 0.3) is 0 Å². The van der Waals surface area contributed by atoms with E-state index in [0.717, 1.165) is 23.1 Å². The minimum atomic E-state index is -0.484. The SMILES string of the molecule is CC[C@H](C)NC(=O)[C@H](CC)N(Cc1ccc(C)cc1)C(=O)Cc1cccc(C)c1. The number of carbonyl (C=O) groups excluding carboxylic acids is 2. The van der Waals surface area contributed by atoms with Gasteiger partial charge in [-0.3, -0.25) is 9.59 Å². The number of hydrogen-bond acceptors (Lipinski definition) is 2. The van der Waals surface area contributed by atoms with Gasteiger partial charge in [-0.1, -0.05) is 73.5 Å². The Labute approximate surface area is 175 Å². The van der Waals surface area contributed by atoms with E-state index < -0.39 is 6.04 Å². The van der Waals surface area contributed by atoms with E-state index >= 15 is 0 Å². The first-order chi connectivity index (χ1) is 13.8. The van der Waals surface area contributed by atoms with Gasteiger partial charge in [0.15, 0.2) is 0 Å². The molecule has 4 nitrogen and oxygen atoms in total. The smallest absolute Gasteiger partial charge is 0.243 e. The van der Waals surface area contributed by atoms with E-state index in [2.05, 4.69) is 5.32 Å². The van der Waals surface area contributed by atoms with Crippen LogP contribution < -0.4 is 5.32 Å². The number of nitrogens with one attached hydrogen (secondary N) is 1. The van der Waals surface area contributed by atoms with Crippen molar-refractivity contribution in [3.8, 4) is 0 Å². The van der Waals surface area contributed by atoms with Crippen LogP contribution in [0, 0.1) is 13.8 Å². The average Bonchev–Trinajstić information content (AvgIpc) is 2.69. The number of rotatable bonds is 9. The Morgan fingerprint density at radius 3 is 2.21 bits per heavy atom. The number of benzene rings is 2. The van der Waals surface area contributed by atoms with Gasteiger partial charge >= 0.3 is 0 Å². The van der Waals surface area contributed by atoms with Crippen LogP contribution in [0.15, 0.2) is 48.5 Å². The van der Waals surface area contributed by atoms with Crippen LogP contribution >= 0.6 is 0 Å². The molecule has 2 atom stereocenters. The number of hydrogen-bond donors (Lipinski definition) is 1. The summed E-state index contributed by atoms with van der Waals surface area (Å²) in [5.74, 6) is -0.103. The van der Waals surface area contributed by atoms with Crippen LogP contribution in [0.4, 0.5) is 0 Å². The van der Waals surface area contributed by atoms with Crippen LogP contribution in [-0.4, -0.2) is 28.8 Å². The quantitative estimate of drug-likeness (QED) is 0.677. The second-order valence-electron chi connectivity index (χ2n) is 7.91. The van der Waals surface area contributed by atoms with Crippen LogP contribution in [0.1, 0.15) is 55.9 Å². The summed E-state index contributed by atoms with van der Waals surface area (Å²) in [5.41, 5.74) is 4.30. The van der Waals surface area contributed by atoms with Crippen LogP contribution in [0.5, 0.6) is 0 Å². The molecular formula is C25H34N2O2. The summed E-state index contributed by atoms with van der Waals surface area (Å²) in [6, 6.07) is 15.7. The van der Waals surface area contributed by atoms with Gasteiger partial charge in [0.2, 0.25) is 11.8 Å². The normalized spacial score (nSPS) is 12.9. The third kappa shape index (κ3) is 6.74. The maximum atomic E-state index is 13.3. The summed E-state index contributed by atoms with van der Waals surface area (Å²) in [6.07, 6.45) is 1.73. The molecule has 0 fully saturated rings. The molecule has 0 aliphatic heterocycles. The predicted octanol–water partition coefficient (Wildman–Crippen LogP) is 4.57. The molecule has 4 heteroatoms. The lowest BCUT2D eigenvalue weighted by molar-refractivity contribution is -0.141. The number of carbonyl (C=O) groups is 2. The Morgan fingerprint density at radius 2 is 1.62 bits per heavy atom. The Bertz CT molecular complexity index is 814. The van der Waals surface area contributed by atoms with E-state index in [1.807, 2.05) is 83.1 Å². The van der Waals surface area contributed by atoms with Crippen molar-refractivity contribution in [3.63, 3.8) is 0 Å². The van der Waals surface area contributed by atoms with Gasteiger partial charge in [-0.2, -0.15) is 0 Å². The minimum Gasteiger partial charge on any atom is -0.352 e. The fourth-order valence-electron chi connectivity index (χ4n) is 3.35. The Kier molecular flexibility index (Phi) is 8.44. The highest BCUT2D eigenvalue weighted by Crippen LogP contribution is 2.16. The van der Waals surface area contributed by atoms with E-state index in [0.29, 0.717) is 19.4 Å². The second kappa shape index (κ2) is 10.8. The summed E-state index contributed by atoms with van der Waals surface area (Å²) < 4.78 is 0. The maximum Gasteiger partial charge on any atom is 0.243 e. The zero-order valence-electron chi connectivity index (χ0n) is 18.4. The highest BCUT2D eigenvalue weighted by atomic mass is 16.2. The standard InChI is InChI=1S/C25H34N2O2/c1-6-20(5)26-25(29)23(7-2)27(17-21-13-11-18(3)12-14-21)24(28)16-22-10-8-9-19(4)15-22/h8-15,20,23H,6-7,16-17H2,1-5H3,(H,26,29)/t20-,23-/m0/s1. The minimum absolute atomic E-state index is 0.0256. The molecule has 0 heterocycles. The van der Waals surface area contributed by atoms with Crippen molar-refractivity contribution in [2.75, 3.05) is 0 Å². The topological polar surface area (TPSA) is 49.4 Å². The van der Waals surface area contributed by atoms with Crippen molar-refractivity contribution < 1.29 is 9.59 Å². The van der Waals surface area contributed by atoms with Crippen LogP contribution in [0.25, 0.3) is 0 Å². The van der Waals surface area contributed by atoms with Crippen LogP contribution in [0.3, 0.4) is 0 Å². The molecule has 0 unspecified atom stereocenters. The van der Waals surface area contributed by atoms with Crippen LogP contribution in [-0.2, 0) is 22.6 Å². The largest absolute Gasteiger partial charge is 0.352 e. The maximum absolute atomic E-state index is 13.3. The molecule has 2 aromatic carbocycles. The molecule has 29 heavy (non-hydrogen) atoms. The lowest BCUT2D eigenvalue weighted by atomic mass is 10.0. The molecule has 0 aromatic heterocycles. The van der Waals surface area contributed by atoms with Crippen LogP contribution in [0.2, 0.25) is 0 Å². The molecule has 2 aromatic rings. The van der Waals surface area contributed by atoms with Gasteiger partial charge in [-0.05, 0) is 44.7 Å². The van der Waals surface area contributed by atoms with Crippen molar-refractivity contribution in [3.05, 3.63) is 70.8 Å². The fourth-order valence-corrected chi connectivity index (χ4v) is 3.35. The Morgan fingerprint density at radius 1 is 0.931 bits per heavy atom. The lowest BCUT2D eigenvalue weighted by Crippen LogP contribution is -2.51. The first-order valence-corrected chi connectivity index (χ1v) is 10.5. The Hall–Kier alpha value is -2.62. The highest BCUT2D eigenvalue weighted by molar-refractivity contribution is 5.88. The summed E-state index contributed by atoms with van der Waals surface area (Å²) in [7, 11) is 0. The molecule has 2 amide bonds. The number of nitrogens with zero attached hydrogens (tertiary/aromatic N) is 1. The van der Waals surface area contributed by atoms with Crippen molar-refractivity contribution in [1.82, 2.24) is 10.2 Å². The van der Waals surface area contributed by atoms with Gasteiger partial charge in [0.05, 0.1) is 6.42 Å². The van der Waals surface area contributed by atoms with E-state index in [9.17, 15) is 9.59 Å². The van der Waals surface area contributed by atoms with Gasteiger partial charge in [0.1, 0.15) is 6.04 Å². The summed E-state index contributed by atoms with van der Waals surface area (Å²) >= 11 is 0. The summed E-state index contributed by atoms with van der Waals surface area (Å²) in [5, 5.41) is 3.05. The number of amides is 2. The molecule has 0 spiro atoms. The zero-order chi connectivity index (χ0) is 21.4. The van der Waals surface area contributed by atoms with Crippen molar-refractivity contribution in [2.45, 2.75) is 72.5 Å². The molecular weight excluding hydrogens is 360 g/mol. The molecule has 2 rings (SSSR count). The molecule has 0 saturated heterocycles. The van der Waals surface area contributed by atoms with Gasteiger partial charge < -0.3 is 10.2 Å². The third-order valence-electron chi connectivity index (χ3n) is 5.30. The Balaban J connectivity index is 2.28. The lowest BCUT2D eigenvalue weighted by Gasteiger charge is -2.31. The van der Waals surface area contributed by atoms with E-state index in [1.54, 1.807) is 4.90 Å². The number of aryl methyl sites for hydroxylation is 2. The summed E-state index contributed by atoms with van der Waals surface area (Å²) in [6.45, 7) is 10.5. The predicted molar refractivity (Wildman–Crippen MR) is 119 cm³/mol. The van der Waals surface area contributed by atoms with Crippen molar-refractivity contribution in [1.29, 1.82) is 0 Å². The molecule has 0 radical (unpaired) electrons. The molecule has 1 N–H and O–H groups in total. The van der Waals surface area contributed by atoms with Crippen molar-refractivity contribution >= 4 is 11.8 Å². The molecule has 156 valence electrons. The first-order valence-electron chi connectivity index (χ1n) is 10.5. The monoisotopic (exact) mass is 394 g/mol. The second-order valence-corrected chi connectivity index (χ2v) is 7.91.